The Morgan fingerprint density at radius 1 is 0.675 bits per heavy atom. The first-order valence-corrected chi connectivity index (χ1v) is 13.7. The molecule has 0 atom stereocenters. The zero-order chi connectivity index (χ0) is 26.4. The number of benzene rings is 4. The fraction of sp³-hybridized carbons (Fsp3) is 0.0857. The van der Waals surface area contributed by atoms with E-state index in [0.717, 1.165) is 57.9 Å². The summed E-state index contributed by atoms with van der Waals surface area (Å²) in [4.78, 5) is 9.71. The van der Waals surface area contributed by atoms with E-state index in [4.69, 9.17) is 9.72 Å². The predicted octanol–water partition coefficient (Wildman–Crippen LogP) is 8.33. The fourth-order valence-corrected chi connectivity index (χ4v) is 6.69. The number of aromatic nitrogens is 4. The third kappa shape index (κ3) is 2.92. The number of hydrogen-bond acceptors (Lipinski definition) is 3. The van der Waals surface area contributed by atoms with Gasteiger partial charge >= 0.3 is 0 Å². The van der Waals surface area contributed by atoms with Gasteiger partial charge in [0.15, 0.2) is 0 Å². The van der Waals surface area contributed by atoms with Crippen LogP contribution in [0.4, 0.5) is 0 Å². The largest absolute Gasteiger partial charge is 0.457 e. The van der Waals surface area contributed by atoms with Crippen molar-refractivity contribution in [2.24, 2.45) is 0 Å². The molecule has 0 N–H and O–H groups in total. The van der Waals surface area contributed by atoms with Gasteiger partial charge in [-0.25, -0.2) is 9.97 Å². The summed E-state index contributed by atoms with van der Waals surface area (Å²) in [6, 6.07) is 33.9. The second-order valence-corrected chi connectivity index (χ2v) is 10.6. The monoisotopic (exact) mass is 516 g/mol. The average Bonchev–Trinajstić information content (AvgIpc) is 3.52. The Morgan fingerprint density at radius 3 is 2.38 bits per heavy atom. The van der Waals surface area contributed by atoms with Gasteiger partial charge in [-0.3, -0.25) is 8.97 Å². The molecule has 8 aromatic rings. The van der Waals surface area contributed by atoms with Gasteiger partial charge < -0.3 is 4.74 Å². The predicted molar refractivity (Wildman–Crippen MR) is 161 cm³/mol. The van der Waals surface area contributed by atoms with E-state index in [0.29, 0.717) is 0 Å². The molecule has 9 rings (SSSR count). The normalized spacial score (nSPS) is 12.9. The minimum Gasteiger partial charge on any atom is -0.457 e. The lowest BCUT2D eigenvalue weighted by Crippen LogP contribution is -2.07. The van der Waals surface area contributed by atoms with Crippen LogP contribution in [-0.2, 0) is 12.8 Å². The van der Waals surface area contributed by atoms with E-state index in [1.54, 1.807) is 0 Å². The van der Waals surface area contributed by atoms with Gasteiger partial charge in [-0.05, 0) is 79.2 Å². The molecule has 0 spiro atoms. The Labute approximate surface area is 229 Å². The SMILES string of the molecule is Cc1nc2c3cc(Oc4ccc5c6ccccc6n(-c6ccccn6)c5c4)ccc3c3cccc4c3n2c1CC4. The second-order valence-electron chi connectivity index (χ2n) is 10.6. The highest BCUT2D eigenvalue weighted by molar-refractivity contribution is 6.13. The molecular weight excluding hydrogens is 492 g/mol. The van der Waals surface area contributed by atoms with Crippen molar-refractivity contribution >= 4 is 49.1 Å². The van der Waals surface area contributed by atoms with Crippen molar-refractivity contribution in [2.75, 3.05) is 0 Å². The van der Waals surface area contributed by atoms with Crippen molar-refractivity contribution in [3.8, 4) is 17.3 Å². The lowest BCUT2D eigenvalue weighted by atomic mass is 9.97. The van der Waals surface area contributed by atoms with Crippen molar-refractivity contribution < 1.29 is 4.74 Å². The summed E-state index contributed by atoms with van der Waals surface area (Å²) in [6.45, 7) is 2.13. The number of nitrogens with zero attached hydrogens (tertiary/aromatic N) is 4. The van der Waals surface area contributed by atoms with Crippen LogP contribution >= 0.6 is 0 Å². The first-order valence-electron chi connectivity index (χ1n) is 13.7. The molecule has 5 heteroatoms. The molecule has 1 aliphatic heterocycles. The van der Waals surface area contributed by atoms with E-state index in [-0.39, 0.29) is 0 Å². The van der Waals surface area contributed by atoms with Crippen molar-refractivity contribution in [2.45, 2.75) is 19.8 Å². The van der Waals surface area contributed by atoms with E-state index in [1.807, 2.05) is 24.4 Å². The summed E-state index contributed by atoms with van der Waals surface area (Å²) in [5.41, 5.74) is 8.33. The number of aryl methyl sites for hydroxylation is 3. The highest BCUT2D eigenvalue weighted by Crippen LogP contribution is 2.39. The van der Waals surface area contributed by atoms with E-state index in [2.05, 4.69) is 99.7 Å². The van der Waals surface area contributed by atoms with Crippen LogP contribution in [-0.4, -0.2) is 18.9 Å². The van der Waals surface area contributed by atoms with E-state index in [9.17, 15) is 0 Å². The van der Waals surface area contributed by atoms with Gasteiger partial charge in [0.05, 0.1) is 22.2 Å². The highest BCUT2D eigenvalue weighted by atomic mass is 16.5. The second kappa shape index (κ2) is 7.93. The molecule has 40 heavy (non-hydrogen) atoms. The Morgan fingerprint density at radius 2 is 1.48 bits per heavy atom. The molecule has 0 bridgehead atoms. The summed E-state index contributed by atoms with van der Waals surface area (Å²) < 4.78 is 11.1. The molecule has 5 nitrogen and oxygen atoms in total. The number of pyridine rings is 2. The third-order valence-corrected chi connectivity index (χ3v) is 8.43. The van der Waals surface area contributed by atoms with Crippen molar-refractivity contribution in [1.29, 1.82) is 0 Å². The zero-order valence-electron chi connectivity index (χ0n) is 21.9. The Kier molecular flexibility index (Phi) is 4.31. The number of rotatable bonds is 3. The van der Waals surface area contributed by atoms with Crippen LogP contribution in [0.5, 0.6) is 11.5 Å². The Bertz CT molecular complexity index is 2310. The zero-order valence-corrected chi connectivity index (χ0v) is 21.9. The maximum atomic E-state index is 6.55. The first-order chi connectivity index (χ1) is 19.7. The van der Waals surface area contributed by atoms with Crippen molar-refractivity contribution in [3.63, 3.8) is 0 Å². The van der Waals surface area contributed by atoms with Gasteiger partial charge in [0.1, 0.15) is 23.0 Å². The molecular formula is C35H24N4O. The van der Waals surface area contributed by atoms with Gasteiger partial charge in [-0.1, -0.05) is 42.5 Å². The Hall–Kier alpha value is -5.16. The van der Waals surface area contributed by atoms with Crippen LogP contribution in [0.1, 0.15) is 17.0 Å². The van der Waals surface area contributed by atoms with Crippen LogP contribution < -0.4 is 4.74 Å². The highest BCUT2D eigenvalue weighted by Gasteiger charge is 2.22. The smallest absolute Gasteiger partial charge is 0.145 e. The standard InChI is InChI=1S/C35H24N4O/c1-21-30-17-12-22-7-6-9-28-25-15-13-23(19-29(25)35(37-21)39(30)34(22)28)40-24-14-16-27-26-8-2-3-10-31(26)38(32(27)20-24)33-11-4-5-18-36-33/h2-11,13-16,18-20H,12,17H2,1H3. The number of fused-ring (bicyclic) bond motifs is 6. The number of imidazole rings is 1. The molecule has 0 amide bonds. The molecule has 0 aliphatic carbocycles. The summed E-state index contributed by atoms with van der Waals surface area (Å²) >= 11 is 0. The molecule has 190 valence electrons. The van der Waals surface area contributed by atoms with Crippen LogP contribution in [0.2, 0.25) is 0 Å². The third-order valence-electron chi connectivity index (χ3n) is 8.43. The van der Waals surface area contributed by atoms with Crippen LogP contribution in [0, 0.1) is 6.92 Å². The topological polar surface area (TPSA) is 44.3 Å². The van der Waals surface area contributed by atoms with Crippen molar-refractivity contribution in [1.82, 2.24) is 18.9 Å². The molecule has 4 aromatic carbocycles. The summed E-state index contributed by atoms with van der Waals surface area (Å²) in [7, 11) is 0. The van der Waals surface area contributed by atoms with Gasteiger partial charge in [-0.2, -0.15) is 0 Å². The minimum atomic E-state index is 0.785. The summed E-state index contributed by atoms with van der Waals surface area (Å²) in [5.74, 6) is 2.47. The van der Waals surface area contributed by atoms with Gasteiger partial charge in [-0.15, -0.1) is 0 Å². The summed E-state index contributed by atoms with van der Waals surface area (Å²) in [5, 5.41) is 5.96. The molecule has 0 fully saturated rings. The van der Waals surface area contributed by atoms with Gasteiger partial charge in [0.2, 0.25) is 0 Å². The first kappa shape index (κ1) is 21.7. The Balaban J connectivity index is 1.23. The van der Waals surface area contributed by atoms with Crippen molar-refractivity contribution in [3.05, 3.63) is 120 Å². The van der Waals surface area contributed by atoms with Gasteiger partial charge in [0, 0.05) is 39.5 Å². The molecule has 0 saturated heterocycles. The maximum Gasteiger partial charge on any atom is 0.145 e. The lowest BCUT2D eigenvalue weighted by Gasteiger charge is -2.19. The minimum absolute atomic E-state index is 0.785. The molecule has 1 aliphatic rings. The number of para-hydroxylation sites is 2. The maximum absolute atomic E-state index is 6.55. The molecule has 0 saturated carbocycles. The van der Waals surface area contributed by atoms with Crippen LogP contribution in [0.15, 0.2) is 103 Å². The number of hydrogen-bond donors (Lipinski definition) is 0. The van der Waals surface area contributed by atoms with E-state index >= 15 is 0 Å². The molecule has 4 aromatic heterocycles. The number of ether oxygens (including phenoxy) is 1. The molecule has 0 radical (unpaired) electrons. The lowest BCUT2D eigenvalue weighted by molar-refractivity contribution is 0.484. The quantitative estimate of drug-likeness (QED) is 0.222. The van der Waals surface area contributed by atoms with E-state index in [1.165, 1.54) is 38.3 Å². The van der Waals surface area contributed by atoms with E-state index < -0.39 is 0 Å². The summed E-state index contributed by atoms with van der Waals surface area (Å²) in [6.07, 6.45) is 3.91. The van der Waals surface area contributed by atoms with Crippen LogP contribution in [0.25, 0.3) is 54.9 Å². The van der Waals surface area contributed by atoms with Gasteiger partial charge in [0.25, 0.3) is 0 Å². The molecule has 0 unspecified atom stereocenters. The molecule has 5 heterocycles. The average molecular weight is 517 g/mol. The van der Waals surface area contributed by atoms with Crippen LogP contribution in [0.3, 0.4) is 0 Å². The fourth-order valence-electron chi connectivity index (χ4n) is 6.69.